The molecule has 0 spiro atoms. The third kappa shape index (κ3) is 2.33. The minimum absolute atomic E-state index is 0.230. The fraction of sp³-hybridized carbons (Fsp3) is 0.125. The summed E-state index contributed by atoms with van der Waals surface area (Å²) in [4.78, 5) is 18.7. The summed E-state index contributed by atoms with van der Waals surface area (Å²) < 4.78 is 5.36. The van der Waals surface area contributed by atoms with E-state index in [1.54, 1.807) is 25.3 Å². The summed E-state index contributed by atoms with van der Waals surface area (Å²) in [5, 5.41) is 9.03. The molecule has 0 aliphatic carbocycles. The van der Waals surface area contributed by atoms with E-state index in [4.69, 9.17) is 9.84 Å². The smallest absolute Gasteiger partial charge is 0.335 e. The Kier molecular flexibility index (Phi) is 3.10. The van der Waals surface area contributed by atoms with E-state index in [2.05, 4.69) is 9.97 Å². The van der Waals surface area contributed by atoms with Gasteiger partial charge in [0.05, 0.1) is 29.3 Å². The number of fused-ring (bicyclic) bond motifs is 1. The lowest BCUT2D eigenvalue weighted by Crippen LogP contribution is -1.94. The molecule has 0 radical (unpaired) electrons. The number of aryl methyl sites for hydroxylation is 1. The Morgan fingerprint density at radius 3 is 2.76 bits per heavy atom. The second-order valence-corrected chi connectivity index (χ2v) is 4.83. The van der Waals surface area contributed by atoms with Gasteiger partial charge >= 0.3 is 5.97 Å². The molecule has 1 heterocycles. The van der Waals surface area contributed by atoms with Crippen LogP contribution in [0.15, 0.2) is 36.4 Å². The van der Waals surface area contributed by atoms with E-state index >= 15 is 0 Å². The van der Waals surface area contributed by atoms with Crippen molar-refractivity contribution in [3.63, 3.8) is 0 Å². The van der Waals surface area contributed by atoms with Crippen LogP contribution in [0.5, 0.6) is 5.75 Å². The Labute approximate surface area is 121 Å². The van der Waals surface area contributed by atoms with Gasteiger partial charge in [0.1, 0.15) is 11.6 Å². The first-order valence-corrected chi connectivity index (χ1v) is 6.46. The second-order valence-electron chi connectivity index (χ2n) is 4.83. The van der Waals surface area contributed by atoms with Crippen LogP contribution >= 0.6 is 0 Å². The van der Waals surface area contributed by atoms with Gasteiger partial charge in [0.25, 0.3) is 0 Å². The summed E-state index contributed by atoms with van der Waals surface area (Å²) in [7, 11) is 1.61. The summed E-state index contributed by atoms with van der Waals surface area (Å²) in [6.07, 6.45) is 0. The average Bonchev–Trinajstić information content (AvgIpc) is 2.89. The van der Waals surface area contributed by atoms with Gasteiger partial charge in [-0.15, -0.1) is 0 Å². The Morgan fingerprint density at radius 2 is 2.05 bits per heavy atom. The van der Waals surface area contributed by atoms with Gasteiger partial charge in [0.2, 0.25) is 0 Å². The van der Waals surface area contributed by atoms with Gasteiger partial charge in [0.15, 0.2) is 0 Å². The molecule has 0 saturated heterocycles. The van der Waals surface area contributed by atoms with Crippen LogP contribution in [0.3, 0.4) is 0 Å². The number of imidazole rings is 1. The zero-order valence-corrected chi connectivity index (χ0v) is 11.7. The van der Waals surface area contributed by atoms with E-state index in [1.165, 1.54) is 0 Å². The monoisotopic (exact) mass is 282 g/mol. The molecule has 1 aromatic heterocycles. The van der Waals surface area contributed by atoms with Gasteiger partial charge in [0, 0.05) is 0 Å². The Hall–Kier alpha value is -2.82. The lowest BCUT2D eigenvalue weighted by molar-refractivity contribution is 0.0697. The van der Waals surface area contributed by atoms with Gasteiger partial charge in [-0.3, -0.25) is 0 Å². The van der Waals surface area contributed by atoms with Crippen molar-refractivity contribution in [2.75, 3.05) is 7.11 Å². The molecular weight excluding hydrogens is 268 g/mol. The zero-order chi connectivity index (χ0) is 15.0. The molecule has 0 unspecified atom stereocenters. The molecule has 0 aliphatic rings. The molecule has 2 N–H and O–H groups in total. The molecule has 0 amide bonds. The minimum Gasteiger partial charge on any atom is -0.496 e. The van der Waals surface area contributed by atoms with Crippen molar-refractivity contribution in [3.8, 4) is 17.1 Å². The number of hydrogen-bond acceptors (Lipinski definition) is 3. The fourth-order valence-corrected chi connectivity index (χ4v) is 2.28. The number of aromatic amines is 1. The fourth-order valence-electron chi connectivity index (χ4n) is 2.28. The molecule has 5 heteroatoms. The number of ether oxygens (including phenoxy) is 1. The number of carbonyl (C=O) groups is 1. The lowest BCUT2D eigenvalue weighted by atomic mass is 10.1. The Bertz CT molecular complexity index is 837. The van der Waals surface area contributed by atoms with Crippen molar-refractivity contribution in [1.82, 2.24) is 9.97 Å². The largest absolute Gasteiger partial charge is 0.496 e. The van der Waals surface area contributed by atoms with Gasteiger partial charge in [-0.2, -0.15) is 0 Å². The van der Waals surface area contributed by atoms with Gasteiger partial charge in [-0.05, 0) is 37.3 Å². The first kappa shape index (κ1) is 13.2. The summed E-state index contributed by atoms with van der Waals surface area (Å²) in [5.74, 6) is 0.424. The first-order chi connectivity index (χ1) is 10.1. The number of benzene rings is 2. The number of aromatic nitrogens is 2. The highest BCUT2D eigenvalue weighted by Gasteiger charge is 2.12. The molecule has 0 fully saturated rings. The molecule has 5 nitrogen and oxygen atoms in total. The van der Waals surface area contributed by atoms with Gasteiger partial charge in [-0.1, -0.05) is 11.6 Å². The van der Waals surface area contributed by atoms with Crippen molar-refractivity contribution < 1.29 is 14.6 Å². The summed E-state index contributed by atoms with van der Waals surface area (Å²) >= 11 is 0. The highest BCUT2D eigenvalue weighted by atomic mass is 16.5. The third-order valence-corrected chi connectivity index (χ3v) is 3.34. The number of methoxy groups -OCH3 is 1. The minimum atomic E-state index is -0.957. The topological polar surface area (TPSA) is 75.2 Å². The first-order valence-electron chi connectivity index (χ1n) is 6.46. The van der Waals surface area contributed by atoms with Gasteiger partial charge < -0.3 is 14.8 Å². The predicted octanol–water partition coefficient (Wildman–Crippen LogP) is 3.25. The maximum absolute atomic E-state index is 11.0. The maximum Gasteiger partial charge on any atom is 0.335 e. The number of nitrogens with zero attached hydrogens (tertiary/aromatic N) is 1. The molecule has 106 valence electrons. The maximum atomic E-state index is 11.0. The van der Waals surface area contributed by atoms with E-state index in [9.17, 15) is 4.79 Å². The van der Waals surface area contributed by atoms with Crippen LogP contribution in [-0.2, 0) is 0 Å². The number of nitrogens with one attached hydrogen (secondary N) is 1. The molecule has 2 aromatic carbocycles. The van der Waals surface area contributed by atoms with E-state index in [1.807, 2.05) is 25.1 Å². The van der Waals surface area contributed by atoms with Crippen molar-refractivity contribution in [2.45, 2.75) is 6.92 Å². The number of carboxylic acid groups (broad SMARTS) is 1. The van der Waals surface area contributed by atoms with Gasteiger partial charge in [-0.25, -0.2) is 9.78 Å². The number of hydrogen-bond donors (Lipinski definition) is 2. The number of H-pyrrole nitrogens is 1. The summed E-state index contributed by atoms with van der Waals surface area (Å²) in [6.45, 7) is 1.99. The molecule has 0 saturated carbocycles. The number of aromatic carboxylic acids is 1. The summed E-state index contributed by atoms with van der Waals surface area (Å²) in [5.41, 5.74) is 3.59. The third-order valence-electron chi connectivity index (χ3n) is 3.34. The average molecular weight is 282 g/mol. The molecule has 0 atom stereocenters. The quantitative estimate of drug-likeness (QED) is 0.773. The molecule has 0 aliphatic heterocycles. The lowest BCUT2D eigenvalue weighted by Gasteiger charge is -2.06. The molecule has 21 heavy (non-hydrogen) atoms. The normalized spacial score (nSPS) is 10.8. The van der Waals surface area contributed by atoms with Crippen LogP contribution in [0.4, 0.5) is 0 Å². The molecule has 3 aromatic rings. The predicted molar refractivity (Wildman–Crippen MR) is 79.8 cm³/mol. The van der Waals surface area contributed by atoms with Crippen molar-refractivity contribution in [3.05, 3.63) is 47.5 Å². The highest BCUT2D eigenvalue weighted by Crippen LogP contribution is 2.30. The van der Waals surface area contributed by atoms with Crippen LogP contribution in [0, 0.1) is 6.92 Å². The highest BCUT2D eigenvalue weighted by molar-refractivity contribution is 5.93. The van der Waals surface area contributed by atoms with Crippen LogP contribution in [0.1, 0.15) is 15.9 Å². The van der Waals surface area contributed by atoms with Crippen molar-refractivity contribution in [2.24, 2.45) is 0 Å². The zero-order valence-electron chi connectivity index (χ0n) is 11.7. The Balaban J connectivity index is 2.17. The van der Waals surface area contributed by atoms with E-state index in [0.29, 0.717) is 11.3 Å². The van der Waals surface area contributed by atoms with Crippen LogP contribution < -0.4 is 4.74 Å². The van der Waals surface area contributed by atoms with Crippen molar-refractivity contribution >= 4 is 17.0 Å². The van der Waals surface area contributed by atoms with E-state index in [-0.39, 0.29) is 5.56 Å². The summed E-state index contributed by atoms with van der Waals surface area (Å²) in [6, 6.07) is 10.7. The van der Waals surface area contributed by atoms with Crippen molar-refractivity contribution in [1.29, 1.82) is 0 Å². The van der Waals surface area contributed by atoms with E-state index in [0.717, 1.165) is 22.4 Å². The standard InChI is InChI=1S/C16H14N2O3/c1-9-3-6-14(21-2)11(7-9)15-17-12-5-4-10(16(19)20)8-13(12)18-15/h3-8H,1-2H3,(H,17,18)(H,19,20). The van der Waals surface area contributed by atoms with Crippen LogP contribution in [-0.4, -0.2) is 28.2 Å². The van der Waals surface area contributed by atoms with E-state index < -0.39 is 5.97 Å². The second kappa shape index (κ2) is 4.94. The van der Waals surface area contributed by atoms with Crippen LogP contribution in [0.2, 0.25) is 0 Å². The number of carboxylic acids is 1. The van der Waals surface area contributed by atoms with Crippen LogP contribution in [0.25, 0.3) is 22.4 Å². The Morgan fingerprint density at radius 1 is 1.24 bits per heavy atom. The molecule has 0 bridgehead atoms. The molecule has 3 rings (SSSR count). The number of rotatable bonds is 3. The SMILES string of the molecule is COc1ccc(C)cc1-c1nc2ccc(C(=O)O)cc2[nH]1. The molecular formula is C16H14N2O3.